The molecule has 0 atom stereocenters. The molecule has 0 aromatic heterocycles. The second-order valence-electron chi connectivity index (χ2n) is 6.73. The molecule has 0 aliphatic carbocycles. The first-order chi connectivity index (χ1) is 14.1. The molecule has 0 aliphatic rings. The molecule has 0 unspecified atom stereocenters. The van der Waals surface area contributed by atoms with Crippen LogP contribution in [0.25, 0.3) is 0 Å². The van der Waals surface area contributed by atoms with Crippen molar-refractivity contribution in [2.45, 2.75) is 18.1 Å². The second kappa shape index (κ2) is 11.3. The molecule has 3 aromatic rings. The topological polar surface area (TPSA) is 29.1 Å². The van der Waals surface area contributed by atoms with Crippen LogP contribution in [0.15, 0.2) is 78.9 Å². The van der Waals surface area contributed by atoms with Gasteiger partial charge in [-0.3, -0.25) is 4.79 Å². The number of hydrogen-bond acceptors (Lipinski definition) is 2. The van der Waals surface area contributed by atoms with E-state index in [0.717, 1.165) is 28.2 Å². The Morgan fingerprint density at radius 3 is 2.07 bits per heavy atom. The molecule has 3 aromatic carbocycles. The van der Waals surface area contributed by atoms with Crippen molar-refractivity contribution >= 4 is 40.9 Å². The summed E-state index contributed by atoms with van der Waals surface area (Å²) < 4.78 is 0. The van der Waals surface area contributed by atoms with E-state index in [4.69, 9.17) is 23.2 Å². The summed E-state index contributed by atoms with van der Waals surface area (Å²) in [5, 5.41) is 4.20. The quantitative estimate of drug-likeness (QED) is 0.379. The van der Waals surface area contributed by atoms with Crippen molar-refractivity contribution in [3.8, 4) is 0 Å². The van der Waals surface area contributed by atoms with Crippen LogP contribution in [0.1, 0.15) is 29.0 Å². The zero-order valence-corrected chi connectivity index (χ0v) is 18.3. The van der Waals surface area contributed by atoms with Crippen LogP contribution in [-0.2, 0) is 10.5 Å². The van der Waals surface area contributed by atoms with E-state index in [1.54, 1.807) is 11.8 Å². The number of halogens is 2. The van der Waals surface area contributed by atoms with Gasteiger partial charge < -0.3 is 5.32 Å². The van der Waals surface area contributed by atoms with E-state index in [9.17, 15) is 4.79 Å². The molecule has 3 rings (SSSR count). The molecule has 2 nitrogen and oxygen atoms in total. The highest BCUT2D eigenvalue weighted by Crippen LogP contribution is 2.28. The van der Waals surface area contributed by atoms with Gasteiger partial charge in [0.05, 0.1) is 10.0 Å². The summed E-state index contributed by atoms with van der Waals surface area (Å²) in [6.07, 6.45) is 0.436. The monoisotopic (exact) mass is 443 g/mol. The van der Waals surface area contributed by atoms with Crippen LogP contribution >= 0.6 is 35.0 Å². The molecule has 150 valence electrons. The number of rotatable bonds is 9. The Labute approximate surface area is 186 Å². The van der Waals surface area contributed by atoms with Crippen molar-refractivity contribution < 1.29 is 4.79 Å². The van der Waals surface area contributed by atoms with E-state index in [2.05, 4.69) is 29.6 Å². The molecule has 1 amide bonds. The number of amides is 1. The van der Waals surface area contributed by atoms with Gasteiger partial charge in [-0.05, 0) is 28.8 Å². The molecule has 29 heavy (non-hydrogen) atoms. The van der Waals surface area contributed by atoms with Gasteiger partial charge in [0, 0.05) is 30.4 Å². The predicted octanol–water partition coefficient (Wildman–Crippen LogP) is 6.57. The van der Waals surface area contributed by atoms with E-state index < -0.39 is 0 Å². The summed E-state index contributed by atoms with van der Waals surface area (Å²) in [6.45, 7) is 0.640. The number of benzene rings is 3. The lowest BCUT2D eigenvalue weighted by Crippen LogP contribution is -2.27. The first-order valence-electron chi connectivity index (χ1n) is 9.52. The Balaban J connectivity index is 1.48. The number of thioether (sulfide) groups is 1. The van der Waals surface area contributed by atoms with Gasteiger partial charge in [-0.1, -0.05) is 89.9 Å². The fourth-order valence-corrected chi connectivity index (χ4v) is 4.27. The maximum atomic E-state index is 12.6. The van der Waals surface area contributed by atoms with Crippen LogP contribution in [0.5, 0.6) is 0 Å². The van der Waals surface area contributed by atoms with E-state index in [1.807, 2.05) is 54.6 Å². The third-order valence-electron chi connectivity index (χ3n) is 4.61. The van der Waals surface area contributed by atoms with Crippen molar-refractivity contribution in [1.29, 1.82) is 0 Å². The molecule has 0 saturated heterocycles. The van der Waals surface area contributed by atoms with Gasteiger partial charge in [0.25, 0.3) is 0 Å². The summed E-state index contributed by atoms with van der Waals surface area (Å²) in [5.74, 6) is 1.80. The summed E-state index contributed by atoms with van der Waals surface area (Å²) in [6, 6.07) is 26.1. The van der Waals surface area contributed by atoms with E-state index in [0.29, 0.717) is 23.0 Å². The first-order valence-corrected chi connectivity index (χ1v) is 11.4. The van der Waals surface area contributed by atoms with Gasteiger partial charge in [-0.25, -0.2) is 0 Å². The molecule has 0 heterocycles. The minimum absolute atomic E-state index is 0.0567. The molecule has 0 spiro atoms. The lowest BCUT2D eigenvalue weighted by molar-refractivity contribution is -0.121. The van der Waals surface area contributed by atoms with Crippen LogP contribution in [0, 0.1) is 0 Å². The maximum absolute atomic E-state index is 12.6. The molecule has 0 bridgehead atoms. The minimum Gasteiger partial charge on any atom is -0.355 e. The van der Waals surface area contributed by atoms with Gasteiger partial charge in [-0.15, -0.1) is 0 Å². The number of carbonyl (C=O) groups excluding carboxylic acids is 1. The van der Waals surface area contributed by atoms with Gasteiger partial charge in [0.2, 0.25) is 5.91 Å². The maximum Gasteiger partial charge on any atom is 0.220 e. The molecule has 5 heteroatoms. The lowest BCUT2D eigenvalue weighted by atomic mass is 9.88. The van der Waals surface area contributed by atoms with Crippen LogP contribution in [0.4, 0.5) is 0 Å². The molecule has 1 N–H and O–H groups in total. The third-order valence-corrected chi connectivity index (χ3v) is 6.38. The second-order valence-corrected chi connectivity index (χ2v) is 8.65. The van der Waals surface area contributed by atoms with Gasteiger partial charge in [0.15, 0.2) is 0 Å². The summed E-state index contributed by atoms with van der Waals surface area (Å²) in [7, 11) is 0. The Bertz CT molecular complexity index is 879. The van der Waals surface area contributed by atoms with E-state index in [1.165, 1.54) is 0 Å². The molecule has 0 fully saturated rings. The van der Waals surface area contributed by atoms with Gasteiger partial charge in [0.1, 0.15) is 0 Å². The van der Waals surface area contributed by atoms with Crippen molar-refractivity contribution in [2.24, 2.45) is 0 Å². The Morgan fingerprint density at radius 1 is 0.862 bits per heavy atom. The fourth-order valence-electron chi connectivity index (χ4n) is 3.14. The largest absolute Gasteiger partial charge is 0.355 e. The smallest absolute Gasteiger partial charge is 0.220 e. The molecule has 0 saturated carbocycles. The highest BCUT2D eigenvalue weighted by molar-refractivity contribution is 7.98. The average Bonchev–Trinajstić information content (AvgIpc) is 2.75. The Morgan fingerprint density at radius 2 is 1.48 bits per heavy atom. The van der Waals surface area contributed by atoms with Crippen LogP contribution in [0.3, 0.4) is 0 Å². The standard InChI is InChI=1S/C24H23Cl2NOS/c25-22-12-11-18(15-23(22)26)17-29-14-13-27-24(28)16-21(19-7-3-1-4-8-19)20-9-5-2-6-10-20/h1-12,15,21H,13-14,16-17H2,(H,27,28). The van der Waals surface area contributed by atoms with Gasteiger partial charge >= 0.3 is 0 Å². The summed E-state index contributed by atoms with van der Waals surface area (Å²) in [5.41, 5.74) is 3.44. The Kier molecular flexibility index (Phi) is 8.48. The highest BCUT2D eigenvalue weighted by Gasteiger charge is 2.17. The van der Waals surface area contributed by atoms with Crippen LogP contribution < -0.4 is 5.32 Å². The lowest BCUT2D eigenvalue weighted by Gasteiger charge is -2.18. The SMILES string of the molecule is O=C(CC(c1ccccc1)c1ccccc1)NCCSCc1ccc(Cl)c(Cl)c1. The zero-order valence-electron chi connectivity index (χ0n) is 16.0. The van der Waals surface area contributed by atoms with Crippen LogP contribution in [0.2, 0.25) is 10.0 Å². The van der Waals surface area contributed by atoms with E-state index >= 15 is 0 Å². The molecular formula is C24H23Cl2NOS. The minimum atomic E-state index is 0.0567. The van der Waals surface area contributed by atoms with Crippen molar-refractivity contribution in [3.63, 3.8) is 0 Å². The van der Waals surface area contributed by atoms with E-state index in [-0.39, 0.29) is 11.8 Å². The number of hydrogen-bond donors (Lipinski definition) is 1. The van der Waals surface area contributed by atoms with Crippen LogP contribution in [-0.4, -0.2) is 18.2 Å². The van der Waals surface area contributed by atoms with Gasteiger partial charge in [-0.2, -0.15) is 11.8 Å². The summed E-state index contributed by atoms with van der Waals surface area (Å²) >= 11 is 13.7. The fraction of sp³-hybridized carbons (Fsp3) is 0.208. The zero-order chi connectivity index (χ0) is 20.5. The predicted molar refractivity (Wildman–Crippen MR) is 125 cm³/mol. The van der Waals surface area contributed by atoms with Crippen molar-refractivity contribution in [3.05, 3.63) is 106 Å². The Hall–Kier alpha value is -1.94. The van der Waals surface area contributed by atoms with Crippen molar-refractivity contribution in [2.75, 3.05) is 12.3 Å². The number of nitrogens with one attached hydrogen (secondary N) is 1. The highest BCUT2D eigenvalue weighted by atomic mass is 35.5. The molecule has 0 aliphatic heterocycles. The van der Waals surface area contributed by atoms with Crippen molar-refractivity contribution in [1.82, 2.24) is 5.32 Å². The molecule has 0 radical (unpaired) electrons. The number of carbonyl (C=O) groups is 1. The summed E-state index contributed by atoms with van der Waals surface area (Å²) in [4.78, 5) is 12.6. The molecular weight excluding hydrogens is 421 g/mol. The third kappa shape index (κ3) is 6.81. The average molecular weight is 444 g/mol. The first kappa shape index (κ1) is 21.8. The normalized spacial score (nSPS) is 10.9.